The molecule has 0 aliphatic carbocycles. The van der Waals surface area contributed by atoms with Gasteiger partial charge < -0.3 is 10.6 Å². The largest absolute Gasteiger partial charge is 0.331 e. The zero-order chi connectivity index (χ0) is 16.2. The van der Waals surface area contributed by atoms with E-state index in [9.17, 15) is 4.79 Å². The summed E-state index contributed by atoms with van der Waals surface area (Å²) in [4.78, 5) is 16.7. The molecular formula is C19H19N3O. The van der Waals surface area contributed by atoms with Gasteiger partial charge in [-0.05, 0) is 43.2 Å². The number of benzene rings is 2. The van der Waals surface area contributed by atoms with Gasteiger partial charge in [-0.2, -0.15) is 0 Å². The molecule has 4 heteroatoms. The molecule has 0 aliphatic rings. The maximum absolute atomic E-state index is 12.3. The number of nitrogens with one attached hydrogen (secondary N) is 2. The third-order valence-electron chi connectivity index (χ3n) is 3.87. The number of carbonyl (C=O) groups excluding carboxylic acids is 1. The van der Waals surface area contributed by atoms with Gasteiger partial charge in [-0.3, -0.25) is 4.98 Å². The molecule has 2 N–H and O–H groups in total. The number of pyridine rings is 1. The molecule has 0 aliphatic heterocycles. The number of nitrogens with zero attached hydrogens (tertiary/aromatic N) is 1. The molecule has 1 unspecified atom stereocenters. The summed E-state index contributed by atoms with van der Waals surface area (Å²) in [5.41, 5.74) is 3.82. The molecule has 1 aromatic heterocycles. The molecule has 116 valence electrons. The molecule has 2 aromatic carbocycles. The minimum atomic E-state index is -0.227. The van der Waals surface area contributed by atoms with Gasteiger partial charge in [0.15, 0.2) is 0 Å². The highest BCUT2D eigenvalue weighted by Crippen LogP contribution is 2.24. The molecule has 0 bridgehead atoms. The van der Waals surface area contributed by atoms with E-state index in [4.69, 9.17) is 0 Å². The third kappa shape index (κ3) is 3.31. The molecule has 0 spiro atoms. The van der Waals surface area contributed by atoms with Crippen molar-refractivity contribution in [3.05, 3.63) is 71.9 Å². The maximum Gasteiger partial charge on any atom is 0.319 e. The van der Waals surface area contributed by atoms with Gasteiger partial charge in [0.2, 0.25) is 0 Å². The lowest BCUT2D eigenvalue weighted by atomic mass is 10.1. The summed E-state index contributed by atoms with van der Waals surface area (Å²) in [7, 11) is 0. The van der Waals surface area contributed by atoms with E-state index in [0.29, 0.717) is 0 Å². The molecule has 2 amide bonds. The Labute approximate surface area is 135 Å². The van der Waals surface area contributed by atoms with Crippen LogP contribution in [0.5, 0.6) is 0 Å². The summed E-state index contributed by atoms with van der Waals surface area (Å²) in [6.45, 7) is 3.97. The average molecular weight is 305 g/mol. The molecule has 0 saturated carbocycles. The number of rotatable bonds is 3. The van der Waals surface area contributed by atoms with Crippen molar-refractivity contribution in [2.24, 2.45) is 0 Å². The van der Waals surface area contributed by atoms with E-state index in [1.165, 1.54) is 0 Å². The Morgan fingerprint density at radius 2 is 1.83 bits per heavy atom. The van der Waals surface area contributed by atoms with Gasteiger partial charge in [-0.25, -0.2) is 4.79 Å². The minimum Gasteiger partial charge on any atom is -0.331 e. The molecular weight excluding hydrogens is 286 g/mol. The fraction of sp³-hybridized carbons (Fsp3) is 0.158. The number of fused-ring (bicyclic) bond motifs is 1. The molecule has 1 atom stereocenters. The number of hydrogen-bond donors (Lipinski definition) is 2. The molecule has 0 radical (unpaired) electrons. The van der Waals surface area contributed by atoms with Crippen molar-refractivity contribution in [1.29, 1.82) is 0 Å². The highest BCUT2D eigenvalue weighted by atomic mass is 16.2. The lowest BCUT2D eigenvalue weighted by Gasteiger charge is -2.16. The van der Waals surface area contributed by atoms with Crippen LogP contribution in [0.3, 0.4) is 0 Å². The molecule has 0 fully saturated rings. The Balaban J connectivity index is 1.77. The summed E-state index contributed by atoms with van der Waals surface area (Å²) < 4.78 is 0. The van der Waals surface area contributed by atoms with E-state index in [1.54, 1.807) is 6.20 Å². The van der Waals surface area contributed by atoms with Crippen LogP contribution in [0.1, 0.15) is 24.1 Å². The van der Waals surface area contributed by atoms with Gasteiger partial charge in [0.05, 0.1) is 17.2 Å². The molecule has 4 nitrogen and oxygen atoms in total. The normalized spacial score (nSPS) is 11.9. The molecule has 3 aromatic rings. The topological polar surface area (TPSA) is 54.0 Å². The Hall–Kier alpha value is -2.88. The summed E-state index contributed by atoms with van der Waals surface area (Å²) in [6.07, 6.45) is 1.76. The van der Waals surface area contributed by atoms with E-state index < -0.39 is 0 Å². The Bertz CT molecular complexity index is 830. The lowest BCUT2D eigenvalue weighted by Crippen LogP contribution is -2.31. The van der Waals surface area contributed by atoms with E-state index in [1.807, 2.05) is 68.4 Å². The van der Waals surface area contributed by atoms with Crippen LogP contribution in [-0.4, -0.2) is 11.0 Å². The summed E-state index contributed by atoms with van der Waals surface area (Å²) in [5.74, 6) is 0. The van der Waals surface area contributed by atoms with E-state index in [-0.39, 0.29) is 12.1 Å². The van der Waals surface area contributed by atoms with Crippen molar-refractivity contribution < 1.29 is 4.79 Å². The predicted octanol–water partition coefficient (Wildman–Crippen LogP) is 4.43. The fourth-order valence-corrected chi connectivity index (χ4v) is 2.60. The first kappa shape index (κ1) is 15.0. The summed E-state index contributed by atoms with van der Waals surface area (Å²) >= 11 is 0. The number of hydrogen-bond acceptors (Lipinski definition) is 2. The molecule has 1 heterocycles. The number of aryl methyl sites for hydroxylation is 1. The maximum atomic E-state index is 12.3. The smallest absolute Gasteiger partial charge is 0.319 e. The van der Waals surface area contributed by atoms with Gasteiger partial charge >= 0.3 is 6.03 Å². The van der Waals surface area contributed by atoms with E-state index in [2.05, 4.69) is 15.6 Å². The highest BCUT2D eigenvalue weighted by Gasteiger charge is 2.11. The highest BCUT2D eigenvalue weighted by molar-refractivity contribution is 6.01. The molecule has 3 rings (SSSR count). The predicted molar refractivity (Wildman–Crippen MR) is 93.5 cm³/mol. The summed E-state index contributed by atoms with van der Waals surface area (Å²) in [6, 6.07) is 17.3. The molecule has 0 saturated heterocycles. The zero-order valence-corrected chi connectivity index (χ0v) is 13.2. The van der Waals surface area contributed by atoms with Crippen molar-refractivity contribution in [2.75, 3.05) is 5.32 Å². The van der Waals surface area contributed by atoms with Crippen LogP contribution in [0.15, 0.2) is 60.8 Å². The summed E-state index contributed by atoms with van der Waals surface area (Å²) in [5, 5.41) is 6.82. The Morgan fingerprint density at radius 1 is 1.04 bits per heavy atom. The van der Waals surface area contributed by atoms with Crippen LogP contribution < -0.4 is 10.6 Å². The number of aromatic nitrogens is 1. The second-order valence-electron chi connectivity index (χ2n) is 5.56. The van der Waals surface area contributed by atoms with Crippen molar-refractivity contribution in [1.82, 2.24) is 10.3 Å². The first-order chi connectivity index (χ1) is 11.1. The number of amides is 2. The van der Waals surface area contributed by atoms with E-state index in [0.717, 1.165) is 27.7 Å². The van der Waals surface area contributed by atoms with Crippen LogP contribution in [0.4, 0.5) is 10.5 Å². The van der Waals surface area contributed by atoms with Gasteiger partial charge in [0.1, 0.15) is 0 Å². The Morgan fingerprint density at radius 3 is 2.61 bits per heavy atom. The standard InChI is InChI=1S/C19H19N3O/c1-13-10-11-17(16-9-6-12-20-18(13)16)22-19(23)21-14(2)15-7-4-3-5-8-15/h3-12,14H,1-2H3,(H2,21,22,23). The second-order valence-corrected chi connectivity index (χ2v) is 5.56. The average Bonchev–Trinajstić information content (AvgIpc) is 2.58. The number of carbonyl (C=O) groups is 1. The van der Waals surface area contributed by atoms with Gasteiger partial charge in [-0.1, -0.05) is 36.4 Å². The van der Waals surface area contributed by atoms with Gasteiger partial charge in [0.25, 0.3) is 0 Å². The first-order valence-electron chi connectivity index (χ1n) is 7.62. The van der Waals surface area contributed by atoms with Crippen LogP contribution >= 0.6 is 0 Å². The van der Waals surface area contributed by atoms with Gasteiger partial charge in [0, 0.05) is 11.6 Å². The first-order valence-corrected chi connectivity index (χ1v) is 7.62. The lowest BCUT2D eigenvalue weighted by molar-refractivity contribution is 0.249. The van der Waals surface area contributed by atoms with Gasteiger partial charge in [-0.15, -0.1) is 0 Å². The minimum absolute atomic E-state index is 0.0639. The third-order valence-corrected chi connectivity index (χ3v) is 3.87. The van der Waals surface area contributed by atoms with Crippen LogP contribution in [0, 0.1) is 6.92 Å². The van der Waals surface area contributed by atoms with Crippen molar-refractivity contribution in [2.45, 2.75) is 19.9 Å². The number of urea groups is 1. The monoisotopic (exact) mass is 305 g/mol. The molecule has 23 heavy (non-hydrogen) atoms. The van der Waals surface area contributed by atoms with Crippen LogP contribution in [0.25, 0.3) is 10.9 Å². The van der Waals surface area contributed by atoms with Crippen molar-refractivity contribution >= 4 is 22.6 Å². The zero-order valence-electron chi connectivity index (χ0n) is 13.2. The van der Waals surface area contributed by atoms with Crippen LogP contribution in [-0.2, 0) is 0 Å². The van der Waals surface area contributed by atoms with E-state index >= 15 is 0 Å². The fourth-order valence-electron chi connectivity index (χ4n) is 2.60. The Kier molecular flexibility index (Phi) is 4.24. The number of anilines is 1. The van der Waals surface area contributed by atoms with Crippen LogP contribution in [0.2, 0.25) is 0 Å². The van der Waals surface area contributed by atoms with Crippen molar-refractivity contribution in [3.63, 3.8) is 0 Å². The SMILES string of the molecule is Cc1ccc(NC(=O)NC(C)c2ccccc2)c2cccnc12. The van der Waals surface area contributed by atoms with Crippen molar-refractivity contribution in [3.8, 4) is 0 Å². The second kappa shape index (κ2) is 6.48. The quantitative estimate of drug-likeness (QED) is 0.752.